The van der Waals surface area contributed by atoms with Crippen molar-refractivity contribution in [3.63, 3.8) is 0 Å². The van der Waals surface area contributed by atoms with E-state index < -0.39 is 0 Å². The zero-order chi connectivity index (χ0) is 18.4. The molecule has 0 aromatic heterocycles. The predicted molar refractivity (Wildman–Crippen MR) is 101 cm³/mol. The van der Waals surface area contributed by atoms with Crippen molar-refractivity contribution >= 4 is 23.5 Å². The van der Waals surface area contributed by atoms with E-state index in [1.54, 1.807) is 0 Å². The van der Waals surface area contributed by atoms with E-state index in [0.717, 1.165) is 38.8 Å². The monoisotopic (exact) mass is 379 g/mol. The van der Waals surface area contributed by atoms with E-state index in [1.807, 2.05) is 34.1 Å². The van der Waals surface area contributed by atoms with Crippen LogP contribution in [0.15, 0.2) is 24.3 Å². The quantitative estimate of drug-likeness (QED) is 0.773. The fraction of sp³-hybridized carbons (Fsp3) is 0.579. The van der Waals surface area contributed by atoms with Gasteiger partial charge in [0.15, 0.2) is 0 Å². The molecule has 0 aliphatic carbocycles. The number of rotatable bonds is 6. The molecule has 2 aliphatic heterocycles. The number of urea groups is 1. The lowest BCUT2D eigenvalue weighted by molar-refractivity contribution is -0.127. The number of hydrogen-bond donors (Lipinski definition) is 1. The first-order chi connectivity index (χ1) is 12.6. The number of para-hydroxylation sites is 1. The van der Waals surface area contributed by atoms with Crippen LogP contribution >= 0.6 is 11.6 Å². The molecule has 3 rings (SSSR count). The number of carbonyl (C=O) groups excluding carboxylic acids is 2. The van der Waals surface area contributed by atoms with Gasteiger partial charge in [0.05, 0.1) is 5.02 Å². The van der Waals surface area contributed by atoms with Gasteiger partial charge >= 0.3 is 6.03 Å². The summed E-state index contributed by atoms with van der Waals surface area (Å²) in [6.07, 6.45) is 4.08. The number of likely N-dealkylation sites (tertiary alicyclic amines) is 2. The van der Waals surface area contributed by atoms with Crippen LogP contribution in [-0.2, 0) is 4.79 Å². The van der Waals surface area contributed by atoms with Gasteiger partial charge in [-0.3, -0.25) is 4.79 Å². The third-order valence-electron chi connectivity index (χ3n) is 4.91. The Morgan fingerprint density at radius 2 is 2.00 bits per heavy atom. The van der Waals surface area contributed by atoms with Gasteiger partial charge < -0.3 is 19.9 Å². The predicted octanol–water partition coefficient (Wildman–Crippen LogP) is 2.91. The van der Waals surface area contributed by atoms with Crippen LogP contribution in [0.4, 0.5) is 4.79 Å². The van der Waals surface area contributed by atoms with Crippen LogP contribution in [-0.4, -0.2) is 60.6 Å². The van der Waals surface area contributed by atoms with Crippen molar-refractivity contribution in [2.45, 2.75) is 38.2 Å². The number of ether oxygens (including phenoxy) is 1. The third-order valence-corrected chi connectivity index (χ3v) is 5.22. The Hall–Kier alpha value is -1.95. The van der Waals surface area contributed by atoms with E-state index in [4.69, 9.17) is 16.3 Å². The minimum Gasteiger partial charge on any atom is -0.489 e. The number of nitrogens with zero attached hydrogens (tertiary/aromatic N) is 2. The molecule has 142 valence electrons. The summed E-state index contributed by atoms with van der Waals surface area (Å²) in [5, 5.41) is 3.57. The zero-order valence-corrected chi connectivity index (χ0v) is 15.7. The Labute approximate surface area is 159 Å². The second-order valence-corrected chi connectivity index (χ2v) is 7.21. The van der Waals surface area contributed by atoms with Crippen molar-refractivity contribution in [1.29, 1.82) is 0 Å². The van der Waals surface area contributed by atoms with Crippen LogP contribution in [0.25, 0.3) is 0 Å². The average molecular weight is 380 g/mol. The normalized spacial score (nSPS) is 18.3. The molecule has 2 heterocycles. The molecule has 1 N–H and O–H groups in total. The van der Waals surface area contributed by atoms with E-state index >= 15 is 0 Å². The standard InChI is InChI=1S/C19H26ClN3O3/c20-16-5-1-2-6-17(16)26-15-8-13-23(14-9-15)19(25)21-10-4-12-22-11-3-7-18(22)24/h1-2,5-6,15H,3-4,7-14H2,(H,21,25). The van der Waals surface area contributed by atoms with Crippen molar-refractivity contribution in [2.24, 2.45) is 0 Å². The largest absolute Gasteiger partial charge is 0.489 e. The maximum atomic E-state index is 12.2. The van der Waals surface area contributed by atoms with Gasteiger partial charge in [-0.15, -0.1) is 0 Å². The van der Waals surface area contributed by atoms with E-state index in [-0.39, 0.29) is 18.0 Å². The first-order valence-corrected chi connectivity index (χ1v) is 9.73. The highest BCUT2D eigenvalue weighted by Gasteiger charge is 2.24. The Kier molecular flexibility index (Phi) is 6.61. The Morgan fingerprint density at radius 3 is 2.69 bits per heavy atom. The lowest BCUT2D eigenvalue weighted by Crippen LogP contribution is -2.47. The van der Waals surface area contributed by atoms with E-state index in [1.165, 1.54) is 0 Å². The molecule has 1 aromatic carbocycles. The van der Waals surface area contributed by atoms with Gasteiger partial charge in [-0.2, -0.15) is 0 Å². The van der Waals surface area contributed by atoms with Crippen molar-refractivity contribution in [1.82, 2.24) is 15.1 Å². The van der Waals surface area contributed by atoms with Crippen LogP contribution in [0.1, 0.15) is 32.1 Å². The Bertz CT molecular complexity index is 632. The van der Waals surface area contributed by atoms with Crippen LogP contribution in [0.3, 0.4) is 0 Å². The first-order valence-electron chi connectivity index (χ1n) is 9.35. The molecule has 2 aliphatic rings. The van der Waals surface area contributed by atoms with Crippen LogP contribution in [0.5, 0.6) is 5.75 Å². The maximum Gasteiger partial charge on any atom is 0.317 e. The number of piperidine rings is 1. The molecule has 2 saturated heterocycles. The Balaban J connectivity index is 1.33. The molecular weight excluding hydrogens is 354 g/mol. The second kappa shape index (κ2) is 9.12. The molecule has 0 atom stereocenters. The molecule has 0 radical (unpaired) electrons. The lowest BCUT2D eigenvalue weighted by atomic mass is 10.1. The van der Waals surface area contributed by atoms with Crippen LogP contribution in [0.2, 0.25) is 5.02 Å². The van der Waals surface area contributed by atoms with Crippen molar-refractivity contribution in [2.75, 3.05) is 32.7 Å². The summed E-state index contributed by atoms with van der Waals surface area (Å²) in [7, 11) is 0. The van der Waals surface area contributed by atoms with Gasteiger partial charge in [0, 0.05) is 52.0 Å². The van der Waals surface area contributed by atoms with Gasteiger partial charge in [-0.05, 0) is 25.0 Å². The molecule has 6 nitrogen and oxygen atoms in total. The van der Waals surface area contributed by atoms with Crippen molar-refractivity contribution < 1.29 is 14.3 Å². The molecule has 0 saturated carbocycles. The van der Waals surface area contributed by atoms with Crippen LogP contribution in [0, 0.1) is 0 Å². The molecular formula is C19H26ClN3O3. The molecule has 26 heavy (non-hydrogen) atoms. The molecule has 0 spiro atoms. The number of carbonyl (C=O) groups is 2. The first kappa shape index (κ1) is 18.8. The maximum absolute atomic E-state index is 12.2. The van der Waals surface area contributed by atoms with Crippen molar-refractivity contribution in [3.8, 4) is 5.75 Å². The highest BCUT2D eigenvalue weighted by atomic mass is 35.5. The molecule has 1 aromatic rings. The summed E-state index contributed by atoms with van der Waals surface area (Å²) in [5.41, 5.74) is 0. The highest BCUT2D eigenvalue weighted by molar-refractivity contribution is 6.32. The molecule has 2 fully saturated rings. The minimum atomic E-state index is -0.0334. The zero-order valence-electron chi connectivity index (χ0n) is 15.0. The fourth-order valence-electron chi connectivity index (χ4n) is 3.41. The number of amides is 3. The molecule has 0 bridgehead atoms. The van der Waals surface area contributed by atoms with E-state index in [0.29, 0.717) is 36.8 Å². The minimum absolute atomic E-state index is 0.0334. The summed E-state index contributed by atoms with van der Waals surface area (Å²) in [6, 6.07) is 7.43. The number of hydrogen-bond acceptors (Lipinski definition) is 3. The lowest BCUT2D eigenvalue weighted by Gasteiger charge is -2.32. The van der Waals surface area contributed by atoms with Gasteiger partial charge in [-0.1, -0.05) is 23.7 Å². The summed E-state index contributed by atoms with van der Waals surface area (Å²) >= 11 is 6.13. The number of halogens is 1. The summed E-state index contributed by atoms with van der Waals surface area (Å²) in [6.45, 7) is 3.52. The van der Waals surface area contributed by atoms with Gasteiger partial charge in [0.2, 0.25) is 5.91 Å². The highest BCUT2D eigenvalue weighted by Crippen LogP contribution is 2.26. The molecule has 7 heteroatoms. The SMILES string of the molecule is O=C1CCCN1CCCNC(=O)N1CCC(Oc2ccccc2Cl)CC1. The number of nitrogens with one attached hydrogen (secondary N) is 1. The van der Waals surface area contributed by atoms with E-state index in [2.05, 4.69) is 5.32 Å². The van der Waals surface area contributed by atoms with Crippen molar-refractivity contribution in [3.05, 3.63) is 29.3 Å². The summed E-state index contributed by atoms with van der Waals surface area (Å²) in [4.78, 5) is 27.5. The van der Waals surface area contributed by atoms with Gasteiger partial charge in [0.25, 0.3) is 0 Å². The van der Waals surface area contributed by atoms with Gasteiger partial charge in [-0.25, -0.2) is 4.79 Å². The summed E-state index contributed by atoms with van der Waals surface area (Å²) < 4.78 is 5.95. The van der Waals surface area contributed by atoms with Gasteiger partial charge in [0.1, 0.15) is 11.9 Å². The molecule has 0 unspecified atom stereocenters. The fourth-order valence-corrected chi connectivity index (χ4v) is 3.59. The smallest absolute Gasteiger partial charge is 0.317 e. The average Bonchev–Trinajstić information content (AvgIpc) is 3.06. The number of benzene rings is 1. The molecule has 3 amide bonds. The third kappa shape index (κ3) is 5.04. The Morgan fingerprint density at radius 1 is 1.23 bits per heavy atom. The topological polar surface area (TPSA) is 61.9 Å². The summed E-state index contributed by atoms with van der Waals surface area (Å²) in [5.74, 6) is 0.936. The van der Waals surface area contributed by atoms with Crippen LogP contribution < -0.4 is 10.1 Å². The van der Waals surface area contributed by atoms with E-state index in [9.17, 15) is 9.59 Å². The second-order valence-electron chi connectivity index (χ2n) is 6.80.